The molecule has 2 heterocycles. The molecule has 2 aliphatic rings. The molecule has 2 fully saturated rings. The lowest BCUT2D eigenvalue weighted by atomic mass is 9.97. The van der Waals surface area contributed by atoms with Gasteiger partial charge in [0.2, 0.25) is 0 Å². The summed E-state index contributed by atoms with van der Waals surface area (Å²) < 4.78 is 1.11. The molecule has 0 saturated carbocycles. The third-order valence-electron chi connectivity index (χ3n) is 4.75. The van der Waals surface area contributed by atoms with E-state index in [4.69, 9.17) is 11.6 Å². The Morgan fingerprint density at radius 3 is 2.65 bits per heavy atom. The minimum atomic E-state index is 0.703. The summed E-state index contributed by atoms with van der Waals surface area (Å²) >= 11 is 9.89. The molecule has 3 rings (SSSR count). The van der Waals surface area contributed by atoms with E-state index in [1.165, 1.54) is 31.2 Å². The van der Waals surface area contributed by atoms with Crippen LogP contribution in [0.5, 0.6) is 0 Å². The molecule has 0 aliphatic carbocycles. The fourth-order valence-electron chi connectivity index (χ4n) is 3.71. The highest BCUT2D eigenvalue weighted by Gasteiger charge is 2.35. The van der Waals surface area contributed by atoms with Gasteiger partial charge in [0.15, 0.2) is 0 Å². The molecule has 2 saturated heterocycles. The number of fused-ring (bicyclic) bond motifs is 2. The topological polar surface area (TPSA) is 15.3 Å². The predicted octanol–water partition coefficient (Wildman–Crippen LogP) is 4.21. The molecule has 2 bridgehead atoms. The molecule has 1 aromatic carbocycles. The highest BCUT2D eigenvalue weighted by molar-refractivity contribution is 9.10. The van der Waals surface area contributed by atoms with E-state index in [-0.39, 0.29) is 0 Å². The average Bonchev–Trinajstić information content (AvgIpc) is 2.78. The second kappa shape index (κ2) is 6.35. The van der Waals surface area contributed by atoms with E-state index in [1.807, 2.05) is 12.1 Å². The highest BCUT2D eigenvalue weighted by atomic mass is 79.9. The number of halogens is 2. The molecule has 1 aromatic rings. The van der Waals surface area contributed by atoms with Crippen molar-refractivity contribution < 1.29 is 0 Å². The van der Waals surface area contributed by atoms with Crippen molar-refractivity contribution in [3.8, 4) is 0 Å². The van der Waals surface area contributed by atoms with Crippen LogP contribution in [0.1, 0.15) is 38.2 Å². The zero-order valence-electron chi connectivity index (χ0n) is 11.9. The van der Waals surface area contributed by atoms with Gasteiger partial charge in [-0.1, -0.05) is 34.5 Å². The zero-order valence-corrected chi connectivity index (χ0v) is 14.3. The number of hydrogen-bond acceptors (Lipinski definition) is 2. The summed E-state index contributed by atoms with van der Waals surface area (Å²) in [6.07, 6.45) is 5.29. The maximum Gasteiger partial charge on any atom is 0.0451 e. The Bertz CT molecular complexity index is 468. The van der Waals surface area contributed by atoms with Gasteiger partial charge in [-0.3, -0.25) is 4.90 Å². The Hall–Kier alpha value is -0.0900. The monoisotopic (exact) mass is 356 g/mol. The van der Waals surface area contributed by atoms with Crippen LogP contribution in [0.3, 0.4) is 0 Å². The van der Waals surface area contributed by atoms with Crippen molar-refractivity contribution in [1.29, 1.82) is 0 Å². The summed E-state index contributed by atoms with van der Waals surface area (Å²) in [5.41, 5.74) is 1.23. The fraction of sp³-hybridized carbons (Fsp3) is 0.625. The average molecular weight is 358 g/mol. The van der Waals surface area contributed by atoms with E-state index in [2.05, 4.69) is 39.1 Å². The molecule has 0 spiro atoms. The van der Waals surface area contributed by atoms with Gasteiger partial charge in [-0.15, -0.1) is 0 Å². The summed E-state index contributed by atoms with van der Waals surface area (Å²) in [6, 6.07) is 8.33. The molecule has 2 unspecified atom stereocenters. The number of hydrogen-bond donors (Lipinski definition) is 1. The number of rotatable bonds is 4. The highest BCUT2D eigenvalue weighted by Crippen LogP contribution is 2.31. The van der Waals surface area contributed by atoms with Crippen molar-refractivity contribution >= 4 is 27.5 Å². The van der Waals surface area contributed by atoms with Gasteiger partial charge in [-0.2, -0.15) is 0 Å². The molecule has 0 aromatic heterocycles. The van der Waals surface area contributed by atoms with E-state index in [0.717, 1.165) is 34.7 Å². The molecule has 0 amide bonds. The Labute approximate surface area is 135 Å². The van der Waals surface area contributed by atoms with Crippen LogP contribution in [0.4, 0.5) is 0 Å². The second-order valence-electron chi connectivity index (χ2n) is 6.06. The normalized spacial score (nSPS) is 29.1. The Kier molecular flexibility index (Phi) is 4.71. The number of piperidine rings is 1. The van der Waals surface area contributed by atoms with E-state index < -0.39 is 0 Å². The SMILES string of the molecule is CCN(Cc1cc(Br)ccc1Cl)C1CC2CCC(C1)N2. The van der Waals surface area contributed by atoms with Crippen molar-refractivity contribution in [3.05, 3.63) is 33.3 Å². The van der Waals surface area contributed by atoms with Crippen LogP contribution in [0.2, 0.25) is 5.02 Å². The number of benzene rings is 1. The predicted molar refractivity (Wildman–Crippen MR) is 88.2 cm³/mol. The van der Waals surface area contributed by atoms with E-state index in [0.29, 0.717) is 6.04 Å². The van der Waals surface area contributed by atoms with Crippen molar-refractivity contribution in [3.63, 3.8) is 0 Å². The van der Waals surface area contributed by atoms with E-state index in [9.17, 15) is 0 Å². The molecule has 4 heteroatoms. The van der Waals surface area contributed by atoms with Gasteiger partial charge in [0, 0.05) is 34.2 Å². The van der Waals surface area contributed by atoms with Gasteiger partial charge >= 0.3 is 0 Å². The number of nitrogens with zero attached hydrogens (tertiary/aromatic N) is 1. The fourth-order valence-corrected chi connectivity index (χ4v) is 4.29. The molecule has 1 N–H and O–H groups in total. The van der Waals surface area contributed by atoms with Crippen molar-refractivity contribution in [1.82, 2.24) is 10.2 Å². The summed E-state index contributed by atoms with van der Waals surface area (Å²) in [6.45, 7) is 4.31. The lowest BCUT2D eigenvalue weighted by Gasteiger charge is -2.37. The van der Waals surface area contributed by atoms with Crippen LogP contribution in [0, 0.1) is 0 Å². The summed E-state index contributed by atoms with van der Waals surface area (Å²) in [4.78, 5) is 2.60. The Morgan fingerprint density at radius 1 is 1.30 bits per heavy atom. The molecular formula is C16H22BrClN2. The molecule has 20 heavy (non-hydrogen) atoms. The second-order valence-corrected chi connectivity index (χ2v) is 7.38. The molecule has 0 radical (unpaired) electrons. The van der Waals surface area contributed by atoms with Crippen molar-refractivity contribution in [2.24, 2.45) is 0 Å². The first-order valence-corrected chi connectivity index (χ1v) is 8.77. The van der Waals surface area contributed by atoms with E-state index >= 15 is 0 Å². The lowest BCUT2D eigenvalue weighted by molar-refractivity contribution is 0.141. The standard InChI is InChI=1S/C16H22BrClN2/c1-2-20(10-11-7-12(17)3-6-16(11)18)15-8-13-4-5-14(9-15)19-13/h3,6-7,13-15,19H,2,4-5,8-10H2,1H3. The minimum Gasteiger partial charge on any atom is -0.311 e. The van der Waals surface area contributed by atoms with Gasteiger partial charge < -0.3 is 5.32 Å². The largest absolute Gasteiger partial charge is 0.311 e. The third kappa shape index (κ3) is 3.22. The van der Waals surface area contributed by atoms with Gasteiger partial charge in [-0.25, -0.2) is 0 Å². The van der Waals surface area contributed by atoms with Crippen LogP contribution in [0.15, 0.2) is 22.7 Å². The Morgan fingerprint density at radius 2 is 2.00 bits per heavy atom. The Balaban J connectivity index is 1.72. The first-order valence-electron chi connectivity index (χ1n) is 7.59. The van der Waals surface area contributed by atoms with Crippen LogP contribution in [-0.2, 0) is 6.54 Å². The molecule has 2 nitrogen and oxygen atoms in total. The minimum absolute atomic E-state index is 0.703. The quantitative estimate of drug-likeness (QED) is 0.868. The van der Waals surface area contributed by atoms with Crippen LogP contribution in [0.25, 0.3) is 0 Å². The molecule has 2 atom stereocenters. The number of nitrogens with one attached hydrogen (secondary N) is 1. The van der Waals surface area contributed by atoms with Crippen LogP contribution in [-0.4, -0.2) is 29.6 Å². The molecule has 2 aliphatic heterocycles. The van der Waals surface area contributed by atoms with Gasteiger partial charge in [0.05, 0.1) is 0 Å². The molecular weight excluding hydrogens is 336 g/mol. The first kappa shape index (κ1) is 14.8. The van der Waals surface area contributed by atoms with Crippen molar-refractivity contribution in [2.75, 3.05) is 6.54 Å². The maximum absolute atomic E-state index is 6.35. The smallest absolute Gasteiger partial charge is 0.0451 e. The van der Waals surface area contributed by atoms with Gasteiger partial charge in [0.25, 0.3) is 0 Å². The zero-order chi connectivity index (χ0) is 14.1. The lowest BCUT2D eigenvalue weighted by Crippen LogP contribution is -2.47. The summed E-state index contributed by atoms with van der Waals surface area (Å²) in [5.74, 6) is 0. The van der Waals surface area contributed by atoms with Crippen LogP contribution < -0.4 is 5.32 Å². The summed E-state index contributed by atoms with van der Waals surface area (Å²) in [7, 11) is 0. The summed E-state index contributed by atoms with van der Waals surface area (Å²) in [5, 5.41) is 4.60. The van der Waals surface area contributed by atoms with Crippen LogP contribution >= 0.6 is 27.5 Å². The maximum atomic E-state index is 6.35. The van der Waals surface area contributed by atoms with Gasteiger partial charge in [-0.05, 0) is 56.0 Å². The van der Waals surface area contributed by atoms with E-state index in [1.54, 1.807) is 0 Å². The third-order valence-corrected chi connectivity index (χ3v) is 5.61. The van der Waals surface area contributed by atoms with Gasteiger partial charge in [0.1, 0.15) is 0 Å². The molecule has 110 valence electrons. The van der Waals surface area contributed by atoms with Crippen molar-refractivity contribution in [2.45, 2.75) is 57.3 Å². The first-order chi connectivity index (χ1) is 9.65.